The number of esters is 1. The standard InChI is InChI=1S/C25H23ClN2O5/c1-3-31-23-14-18(11-12-22(23)33-25(30)20-9-4-5-10-21(20)26)15-27-28-24(29)16-32-19-8-6-7-17(2)13-19/h4-15H,3,16H2,1-2H3,(H,28,29). The fourth-order valence-electron chi connectivity index (χ4n) is 2.80. The zero-order valence-corrected chi connectivity index (χ0v) is 19.0. The van der Waals surface area contributed by atoms with E-state index in [-0.39, 0.29) is 17.9 Å². The molecule has 33 heavy (non-hydrogen) atoms. The summed E-state index contributed by atoms with van der Waals surface area (Å²) < 4.78 is 16.5. The average molecular weight is 467 g/mol. The molecule has 8 heteroatoms. The lowest BCUT2D eigenvalue weighted by atomic mass is 10.2. The number of nitrogens with one attached hydrogen (secondary N) is 1. The number of ether oxygens (including phenoxy) is 3. The number of carbonyl (C=O) groups is 2. The average Bonchev–Trinajstić information content (AvgIpc) is 2.80. The van der Waals surface area contributed by atoms with E-state index in [9.17, 15) is 9.59 Å². The Balaban J connectivity index is 1.61. The first kappa shape index (κ1) is 23.8. The molecule has 0 bridgehead atoms. The van der Waals surface area contributed by atoms with Gasteiger partial charge in [-0.25, -0.2) is 10.2 Å². The van der Waals surface area contributed by atoms with Gasteiger partial charge in [0.25, 0.3) is 5.91 Å². The summed E-state index contributed by atoms with van der Waals surface area (Å²) in [5, 5.41) is 4.23. The molecular formula is C25H23ClN2O5. The van der Waals surface area contributed by atoms with Crippen LogP contribution in [0.15, 0.2) is 71.8 Å². The van der Waals surface area contributed by atoms with Crippen molar-refractivity contribution in [1.29, 1.82) is 0 Å². The van der Waals surface area contributed by atoms with Crippen LogP contribution in [0, 0.1) is 6.92 Å². The van der Waals surface area contributed by atoms with Crippen molar-refractivity contribution in [1.82, 2.24) is 5.43 Å². The van der Waals surface area contributed by atoms with E-state index in [1.165, 1.54) is 6.21 Å². The molecule has 3 aromatic rings. The summed E-state index contributed by atoms with van der Waals surface area (Å²) in [6, 6.07) is 18.9. The zero-order valence-electron chi connectivity index (χ0n) is 18.2. The van der Waals surface area contributed by atoms with Crippen LogP contribution in [0.2, 0.25) is 5.02 Å². The predicted molar refractivity (Wildman–Crippen MR) is 126 cm³/mol. The number of benzene rings is 3. The third-order valence-electron chi connectivity index (χ3n) is 4.33. The number of carbonyl (C=O) groups excluding carboxylic acids is 2. The normalized spacial score (nSPS) is 10.6. The first-order valence-corrected chi connectivity index (χ1v) is 10.6. The smallest absolute Gasteiger partial charge is 0.345 e. The number of nitrogens with zero attached hydrogens (tertiary/aromatic N) is 1. The molecule has 0 unspecified atom stereocenters. The van der Waals surface area contributed by atoms with E-state index in [1.807, 2.05) is 32.0 Å². The molecule has 3 rings (SSSR count). The van der Waals surface area contributed by atoms with Gasteiger partial charge < -0.3 is 14.2 Å². The van der Waals surface area contributed by atoms with Gasteiger partial charge in [-0.05, 0) is 67.4 Å². The Kier molecular flexibility index (Phi) is 8.43. The van der Waals surface area contributed by atoms with Crippen molar-refractivity contribution < 1.29 is 23.8 Å². The lowest BCUT2D eigenvalue weighted by Crippen LogP contribution is -2.24. The Labute approximate surface area is 196 Å². The Morgan fingerprint density at radius 2 is 1.82 bits per heavy atom. The Morgan fingerprint density at radius 1 is 1.00 bits per heavy atom. The fourth-order valence-corrected chi connectivity index (χ4v) is 3.02. The summed E-state index contributed by atoms with van der Waals surface area (Å²) >= 11 is 6.07. The van der Waals surface area contributed by atoms with Crippen LogP contribution in [0.3, 0.4) is 0 Å². The molecule has 0 atom stereocenters. The monoisotopic (exact) mass is 466 g/mol. The van der Waals surface area contributed by atoms with Crippen LogP contribution in [-0.2, 0) is 4.79 Å². The predicted octanol–water partition coefficient (Wildman–Crippen LogP) is 4.80. The van der Waals surface area contributed by atoms with Crippen molar-refractivity contribution in [3.8, 4) is 17.2 Å². The van der Waals surface area contributed by atoms with E-state index < -0.39 is 11.9 Å². The highest BCUT2D eigenvalue weighted by molar-refractivity contribution is 6.33. The minimum atomic E-state index is -0.594. The third kappa shape index (κ3) is 7.08. The first-order valence-electron chi connectivity index (χ1n) is 10.2. The summed E-state index contributed by atoms with van der Waals surface area (Å²) in [7, 11) is 0. The molecule has 0 aliphatic carbocycles. The largest absolute Gasteiger partial charge is 0.490 e. The molecule has 1 N–H and O–H groups in total. The van der Waals surface area contributed by atoms with Crippen LogP contribution >= 0.6 is 11.6 Å². The number of hydrazone groups is 1. The second-order valence-corrected chi connectivity index (χ2v) is 7.31. The van der Waals surface area contributed by atoms with Gasteiger partial charge in [0, 0.05) is 0 Å². The SMILES string of the molecule is CCOc1cc(C=NNC(=O)COc2cccc(C)c2)ccc1OC(=O)c1ccccc1Cl. The molecule has 0 spiro atoms. The Bertz CT molecular complexity index is 1160. The van der Waals surface area contributed by atoms with Crippen LogP contribution in [0.4, 0.5) is 0 Å². The molecule has 0 saturated heterocycles. The van der Waals surface area contributed by atoms with Gasteiger partial charge in [0.2, 0.25) is 0 Å². The molecule has 7 nitrogen and oxygen atoms in total. The molecule has 3 aromatic carbocycles. The van der Waals surface area contributed by atoms with Crippen molar-refractivity contribution in [2.45, 2.75) is 13.8 Å². The number of rotatable bonds is 9. The number of amides is 1. The highest BCUT2D eigenvalue weighted by atomic mass is 35.5. The van der Waals surface area contributed by atoms with Crippen molar-refractivity contribution in [2.75, 3.05) is 13.2 Å². The highest BCUT2D eigenvalue weighted by Crippen LogP contribution is 2.29. The summed E-state index contributed by atoms with van der Waals surface area (Å²) in [5.74, 6) is 0.217. The molecule has 0 aliphatic heterocycles. The van der Waals surface area contributed by atoms with Gasteiger partial charge in [-0.2, -0.15) is 5.10 Å². The molecule has 0 heterocycles. The lowest BCUT2D eigenvalue weighted by Gasteiger charge is -2.12. The van der Waals surface area contributed by atoms with E-state index in [0.29, 0.717) is 28.7 Å². The van der Waals surface area contributed by atoms with Crippen molar-refractivity contribution in [3.05, 3.63) is 88.4 Å². The van der Waals surface area contributed by atoms with Crippen LogP contribution in [0.25, 0.3) is 0 Å². The molecule has 0 radical (unpaired) electrons. The van der Waals surface area contributed by atoms with Crippen molar-refractivity contribution >= 4 is 29.7 Å². The Morgan fingerprint density at radius 3 is 2.58 bits per heavy atom. The molecule has 1 amide bonds. The molecule has 0 saturated carbocycles. The molecule has 170 valence electrons. The third-order valence-corrected chi connectivity index (χ3v) is 4.66. The minimum absolute atomic E-state index is 0.165. The summed E-state index contributed by atoms with van der Waals surface area (Å²) in [6.45, 7) is 3.96. The van der Waals surface area contributed by atoms with Crippen molar-refractivity contribution in [3.63, 3.8) is 0 Å². The molecule has 0 aliphatic rings. The van der Waals surface area contributed by atoms with Crippen LogP contribution in [-0.4, -0.2) is 31.3 Å². The number of aryl methyl sites for hydroxylation is 1. The first-order chi connectivity index (χ1) is 16.0. The quantitative estimate of drug-likeness (QED) is 0.212. The van der Waals surface area contributed by atoms with Crippen LogP contribution in [0.1, 0.15) is 28.4 Å². The minimum Gasteiger partial charge on any atom is -0.490 e. The van der Waals surface area contributed by atoms with Crippen LogP contribution < -0.4 is 19.6 Å². The zero-order chi connectivity index (χ0) is 23.6. The Hall–Kier alpha value is -3.84. The van der Waals surface area contributed by atoms with Gasteiger partial charge in [0.1, 0.15) is 5.75 Å². The van der Waals surface area contributed by atoms with E-state index in [0.717, 1.165) is 5.56 Å². The van der Waals surface area contributed by atoms with Gasteiger partial charge in [0.15, 0.2) is 18.1 Å². The van der Waals surface area contributed by atoms with Gasteiger partial charge in [-0.3, -0.25) is 4.79 Å². The van der Waals surface area contributed by atoms with Crippen LogP contribution in [0.5, 0.6) is 17.2 Å². The maximum Gasteiger partial charge on any atom is 0.345 e. The van der Waals surface area contributed by atoms with E-state index in [4.69, 9.17) is 25.8 Å². The summed E-state index contributed by atoms with van der Waals surface area (Å²) in [5.41, 5.74) is 4.33. The second kappa shape index (κ2) is 11.7. The summed E-state index contributed by atoms with van der Waals surface area (Å²) in [6.07, 6.45) is 1.45. The number of halogens is 1. The molecular weight excluding hydrogens is 444 g/mol. The van der Waals surface area contributed by atoms with Crippen molar-refractivity contribution in [2.24, 2.45) is 5.10 Å². The van der Waals surface area contributed by atoms with Gasteiger partial charge in [-0.15, -0.1) is 0 Å². The maximum absolute atomic E-state index is 12.5. The lowest BCUT2D eigenvalue weighted by molar-refractivity contribution is -0.123. The number of hydrogen-bond donors (Lipinski definition) is 1. The highest BCUT2D eigenvalue weighted by Gasteiger charge is 2.15. The molecule has 0 aromatic heterocycles. The molecule has 0 fully saturated rings. The second-order valence-electron chi connectivity index (χ2n) is 6.91. The maximum atomic E-state index is 12.5. The van der Waals surface area contributed by atoms with Gasteiger partial charge in [-0.1, -0.05) is 35.9 Å². The summed E-state index contributed by atoms with van der Waals surface area (Å²) in [4.78, 5) is 24.4. The van der Waals surface area contributed by atoms with E-state index in [1.54, 1.807) is 48.5 Å². The van der Waals surface area contributed by atoms with Gasteiger partial charge >= 0.3 is 5.97 Å². The fraction of sp³-hybridized carbons (Fsp3) is 0.160. The van der Waals surface area contributed by atoms with E-state index >= 15 is 0 Å². The number of hydrogen-bond acceptors (Lipinski definition) is 6. The topological polar surface area (TPSA) is 86.2 Å². The van der Waals surface area contributed by atoms with E-state index in [2.05, 4.69) is 10.5 Å². The van der Waals surface area contributed by atoms with Gasteiger partial charge in [0.05, 0.1) is 23.4 Å².